The maximum atomic E-state index is 13.3. The van der Waals surface area contributed by atoms with Crippen LogP contribution in [0.4, 0.5) is 15.8 Å². The molecule has 19 heavy (non-hydrogen) atoms. The highest BCUT2D eigenvalue weighted by atomic mass is 19.1. The van der Waals surface area contributed by atoms with Crippen molar-refractivity contribution in [2.24, 2.45) is 0 Å². The zero-order valence-electron chi connectivity index (χ0n) is 10.8. The van der Waals surface area contributed by atoms with Crippen LogP contribution in [-0.4, -0.2) is 16.9 Å². The quantitative estimate of drug-likeness (QED) is 0.486. The number of nitrogen functional groups attached to an aromatic ring is 1. The second kappa shape index (κ2) is 6.12. The number of nitro benzene ring substituents is 1. The van der Waals surface area contributed by atoms with Gasteiger partial charge in [-0.05, 0) is 18.9 Å². The first kappa shape index (κ1) is 14.9. The summed E-state index contributed by atoms with van der Waals surface area (Å²) in [6.45, 7) is 3.79. The second-order valence-electron chi connectivity index (χ2n) is 4.13. The maximum absolute atomic E-state index is 13.3. The molecule has 7 heteroatoms. The average molecular weight is 269 g/mol. The second-order valence-corrected chi connectivity index (χ2v) is 4.13. The fourth-order valence-electron chi connectivity index (χ4n) is 1.70. The summed E-state index contributed by atoms with van der Waals surface area (Å²) < 4.78 is 13.3. The Bertz CT molecular complexity index is 501. The summed E-state index contributed by atoms with van der Waals surface area (Å²) >= 11 is 0. The number of rotatable bonds is 5. The molecule has 0 atom stereocenters. The fourth-order valence-corrected chi connectivity index (χ4v) is 1.70. The minimum atomic E-state index is -0.865. The van der Waals surface area contributed by atoms with Crippen molar-refractivity contribution >= 4 is 17.3 Å². The van der Waals surface area contributed by atoms with Gasteiger partial charge in [-0.15, -0.1) is 0 Å². The van der Waals surface area contributed by atoms with Gasteiger partial charge < -0.3 is 11.1 Å². The van der Waals surface area contributed by atoms with Gasteiger partial charge in [0.05, 0.1) is 16.6 Å². The number of benzene rings is 1. The van der Waals surface area contributed by atoms with E-state index in [2.05, 4.69) is 5.32 Å². The van der Waals surface area contributed by atoms with E-state index in [0.717, 1.165) is 6.07 Å². The lowest BCUT2D eigenvalue weighted by molar-refractivity contribution is -0.384. The molecule has 1 amide bonds. The molecule has 0 aromatic heterocycles. The van der Waals surface area contributed by atoms with Crippen molar-refractivity contribution in [1.29, 1.82) is 0 Å². The third kappa shape index (κ3) is 3.40. The molecule has 0 fully saturated rings. The van der Waals surface area contributed by atoms with Crippen LogP contribution in [0.15, 0.2) is 12.1 Å². The van der Waals surface area contributed by atoms with Crippen molar-refractivity contribution in [3.05, 3.63) is 33.6 Å². The third-order valence-electron chi connectivity index (χ3n) is 2.89. The van der Waals surface area contributed by atoms with E-state index in [1.165, 1.54) is 0 Å². The van der Waals surface area contributed by atoms with Gasteiger partial charge >= 0.3 is 0 Å². The SMILES string of the molecule is CCC(CC)NC(=O)c1cc(F)cc([N+](=O)[O-])c1N. The number of hydrogen-bond donors (Lipinski definition) is 2. The first-order valence-corrected chi connectivity index (χ1v) is 5.94. The third-order valence-corrected chi connectivity index (χ3v) is 2.89. The zero-order chi connectivity index (χ0) is 14.6. The van der Waals surface area contributed by atoms with Gasteiger partial charge in [-0.2, -0.15) is 0 Å². The Morgan fingerprint density at radius 1 is 1.47 bits per heavy atom. The largest absolute Gasteiger partial charge is 0.393 e. The van der Waals surface area contributed by atoms with Crippen LogP contribution in [0.2, 0.25) is 0 Å². The molecule has 0 aliphatic carbocycles. The minimum absolute atomic E-state index is 0.0748. The number of hydrogen-bond acceptors (Lipinski definition) is 4. The Hall–Kier alpha value is -2.18. The lowest BCUT2D eigenvalue weighted by atomic mass is 10.1. The minimum Gasteiger partial charge on any atom is -0.393 e. The van der Waals surface area contributed by atoms with Crippen LogP contribution in [0.3, 0.4) is 0 Å². The molecule has 0 aliphatic rings. The van der Waals surface area contributed by atoms with Gasteiger partial charge in [0, 0.05) is 6.04 Å². The van der Waals surface area contributed by atoms with E-state index in [1.54, 1.807) is 0 Å². The predicted octanol–water partition coefficient (Wildman–Crippen LogP) is 2.23. The molecule has 0 saturated carbocycles. The normalized spacial score (nSPS) is 10.5. The smallest absolute Gasteiger partial charge is 0.295 e. The molecule has 1 aromatic carbocycles. The first-order chi connectivity index (χ1) is 8.90. The Kier molecular flexibility index (Phi) is 4.80. The van der Waals surface area contributed by atoms with E-state index < -0.39 is 22.3 Å². The lowest BCUT2D eigenvalue weighted by Crippen LogP contribution is -2.34. The zero-order valence-corrected chi connectivity index (χ0v) is 10.8. The number of nitro groups is 1. The summed E-state index contributed by atoms with van der Waals surface area (Å²) in [4.78, 5) is 21.8. The van der Waals surface area contributed by atoms with Crippen molar-refractivity contribution in [3.8, 4) is 0 Å². The van der Waals surface area contributed by atoms with Gasteiger partial charge in [0.1, 0.15) is 11.5 Å². The Balaban J connectivity index is 3.13. The molecule has 0 radical (unpaired) electrons. The highest BCUT2D eigenvalue weighted by Crippen LogP contribution is 2.26. The van der Waals surface area contributed by atoms with Gasteiger partial charge in [-0.3, -0.25) is 14.9 Å². The summed E-state index contributed by atoms with van der Waals surface area (Å²) in [7, 11) is 0. The summed E-state index contributed by atoms with van der Waals surface area (Å²) in [5.41, 5.74) is 4.41. The first-order valence-electron chi connectivity index (χ1n) is 5.94. The summed E-state index contributed by atoms with van der Waals surface area (Å²) in [6.07, 6.45) is 1.42. The highest BCUT2D eigenvalue weighted by molar-refractivity contribution is 6.01. The monoisotopic (exact) mass is 269 g/mol. The van der Waals surface area contributed by atoms with Crippen LogP contribution < -0.4 is 11.1 Å². The number of anilines is 1. The lowest BCUT2D eigenvalue weighted by Gasteiger charge is -2.15. The van der Waals surface area contributed by atoms with E-state index in [-0.39, 0.29) is 17.3 Å². The van der Waals surface area contributed by atoms with Crippen LogP contribution in [0.25, 0.3) is 0 Å². The topological polar surface area (TPSA) is 98.3 Å². The standard InChI is InChI=1S/C12H16FN3O3/c1-3-8(4-2)15-12(17)9-5-7(13)6-10(11(9)14)16(18)19/h5-6,8H,3-4,14H2,1-2H3,(H,15,17). The van der Waals surface area contributed by atoms with E-state index in [4.69, 9.17) is 5.73 Å². The molecule has 1 aromatic rings. The molecule has 6 nitrogen and oxygen atoms in total. The summed E-state index contributed by atoms with van der Waals surface area (Å²) in [5, 5.41) is 13.4. The Morgan fingerprint density at radius 3 is 2.53 bits per heavy atom. The van der Waals surface area contributed by atoms with Crippen molar-refractivity contribution in [3.63, 3.8) is 0 Å². The predicted molar refractivity (Wildman–Crippen MR) is 69.3 cm³/mol. The molecular weight excluding hydrogens is 253 g/mol. The molecule has 0 unspecified atom stereocenters. The summed E-state index contributed by atoms with van der Waals surface area (Å²) in [6, 6.07) is 1.53. The van der Waals surface area contributed by atoms with Crippen LogP contribution in [0, 0.1) is 15.9 Å². The van der Waals surface area contributed by atoms with E-state index >= 15 is 0 Å². The number of halogens is 1. The number of carbonyl (C=O) groups is 1. The Morgan fingerprint density at radius 2 is 2.05 bits per heavy atom. The maximum Gasteiger partial charge on any atom is 0.295 e. The van der Waals surface area contributed by atoms with Crippen molar-refractivity contribution < 1.29 is 14.1 Å². The molecule has 0 saturated heterocycles. The molecule has 3 N–H and O–H groups in total. The number of nitrogens with one attached hydrogen (secondary N) is 1. The van der Waals surface area contributed by atoms with Gasteiger partial charge in [0.25, 0.3) is 11.6 Å². The highest BCUT2D eigenvalue weighted by Gasteiger charge is 2.22. The van der Waals surface area contributed by atoms with Gasteiger partial charge in [0.15, 0.2) is 0 Å². The van der Waals surface area contributed by atoms with Crippen LogP contribution in [0.1, 0.15) is 37.0 Å². The molecule has 0 heterocycles. The van der Waals surface area contributed by atoms with E-state index in [9.17, 15) is 19.3 Å². The van der Waals surface area contributed by atoms with E-state index in [1.807, 2.05) is 13.8 Å². The Labute approximate surface area is 109 Å². The van der Waals surface area contributed by atoms with E-state index in [0.29, 0.717) is 18.9 Å². The van der Waals surface area contributed by atoms with Crippen molar-refractivity contribution in [2.75, 3.05) is 5.73 Å². The molecule has 104 valence electrons. The van der Waals surface area contributed by atoms with Gasteiger partial charge in [-0.1, -0.05) is 13.8 Å². The van der Waals surface area contributed by atoms with Crippen molar-refractivity contribution in [2.45, 2.75) is 32.7 Å². The molecule has 0 bridgehead atoms. The number of nitrogens with zero attached hydrogens (tertiary/aromatic N) is 1. The fraction of sp³-hybridized carbons (Fsp3) is 0.417. The molecule has 0 spiro atoms. The number of amides is 1. The molecule has 1 rings (SSSR count). The number of carbonyl (C=O) groups excluding carboxylic acids is 1. The number of nitrogens with two attached hydrogens (primary N) is 1. The van der Waals surface area contributed by atoms with Crippen LogP contribution in [-0.2, 0) is 0 Å². The van der Waals surface area contributed by atoms with Crippen LogP contribution in [0.5, 0.6) is 0 Å². The van der Waals surface area contributed by atoms with Crippen molar-refractivity contribution in [1.82, 2.24) is 5.32 Å². The van der Waals surface area contributed by atoms with Gasteiger partial charge in [0.2, 0.25) is 0 Å². The van der Waals surface area contributed by atoms with Crippen LogP contribution >= 0.6 is 0 Å². The van der Waals surface area contributed by atoms with Gasteiger partial charge in [-0.25, -0.2) is 4.39 Å². The molecular formula is C12H16FN3O3. The average Bonchev–Trinajstić information content (AvgIpc) is 2.37. The molecule has 0 aliphatic heterocycles. The summed E-state index contributed by atoms with van der Waals surface area (Å²) in [5.74, 6) is -1.47.